The molecule has 0 spiro atoms. The summed E-state index contributed by atoms with van der Waals surface area (Å²) < 4.78 is 6.01. The number of halogens is 1. The van der Waals surface area contributed by atoms with Gasteiger partial charge in [0.1, 0.15) is 11.9 Å². The highest BCUT2D eigenvalue weighted by Crippen LogP contribution is 2.23. The maximum atomic E-state index is 13.0. The van der Waals surface area contributed by atoms with Gasteiger partial charge in [0.25, 0.3) is 5.91 Å². The third-order valence-corrected chi connectivity index (χ3v) is 4.97. The first-order valence-electron chi connectivity index (χ1n) is 8.76. The molecule has 1 aromatic heterocycles. The number of amides is 1. The SMILES string of the molecule is O=C(c1cccc2ncccc12)N1CCC(Oc2ccc(Cl)cc2)CC1. The Balaban J connectivity index is 1.42. The van der Waals surface area contributed by atoms with Crippen LogP contribution in [0.3, 0.4) is 0 Å². The van der Waals surface area contributed by atoms with Gasteiger partial charge in [-0.3, -0.25) is 9.78 Å². The maximum absolute atomic E-state index is 13.0. The fourth-order valence-corrected chi connectivity index (χ4v) is 3.47. The minimum Gasteiger partial charge on any atom is -0.490 e. The third-order valence-electron chi connectivity index (χ3n) is 4.72. The van der Waals surface area contributed by atoms with E-state index in [1.54, 1.807) is 6.20 Å². The highest BCUT2D eigenvalue weighted by molar-refractivity contribution is 6.30. The van der Waals surface area contributed by atoms with Gasteiger partial charge in [0, 0.05) is 48.1 Å². The Kier molecular flexibility index (Phi) is 4.76. The Morgan fingerprint density at radius 2 is 1.81 bits per heavy atom. The molecule has 0 bridgehead atoms. The van der Waals surface area contributed by atoms with Crippen molar-refractivity contribution in [3.05, 3.63) is 71.4 Å². The molecule has 1 amide bonds. The number of carbonyl (C=O) groups excluding carboxylic acids is 1. The van der Waals surface area contributed by atoms with Gasteiger partial charge >= 0.3 is 0 Å². The zero-order valence-corrected chi connectivity index (χ0v) is 15.0. The summed E-state index contributed by atoms with van der Waals surface area (Å²) in [5.41, 5.74) is 1.56. The van der Waals surface area contributed by atoms with Crippen LogP contribution in [0.15, 0.2) is 60.8 Å². The highest BCUT2D eigenvalue weighted by Gasteiger charge is 2.25. The molecule has 0 saturated carbocycles. The van der Waals surface area contributed by atoms with Crippen molar-refractivity contribution in [2.45, 2.75) is 18.9 Å². The Morgan fingerprint density at radius 1 is 1.04 bits per heavy atom. The number of ether oxygens (including phenoxy) is 1. The quantitative estimate of drug-likeness (QED) is 0.681. The van der Waals surface area contributed by atoms with E-state index in [0.29, 0.717) is 23.7 Å². The van der Waals surface area contributed by atoms with Crippen LogP contribution in [0.1, 0.15) is 23.2 Å². The number of aromatic nitrogens is 1. The average Bonchev–Trinajstić information content (AvgIpc) is 2.69. The number of carbonyl (C=O) groups is 1. The van der Waals surface area contributed by atoms with Crippen LogP contribution in [-0.2, 0) is 0 Å². The highest BCUT2D eigenvalue weighted by atomic mass is 35.5. The molecule has 1 saturated heterocycles. The Bertz CT molecular complexity index is 913. The first-order chi connectivity index (χ1) is 12.7. The van der Waals surface area contributed by atoms with Gasteiger partial charge in [-0.05, 0) is 42.5 Å². The van der Waals surface area contributed by atoms with Crippen LogP contribution in [0.4, 0.5) is 0 Å². The minimum atomic E-state index is 0.0635. The molecular formula is C21H19ClN2O2. The number of rotatable bonds is 3. The van der Waals surface area contributed by atoms with Gasteiger partial charge in [-0.1, -0.05) is 23.7 Å². The number of fused-ring (bicyclic) bond motifs is 1. The molecule has 0 unspecified atom stereocenters. The van der Waals surface area contributed by atoms with Gasteiger partial charge in [-0.15, -0.1) is 0 Å². The van der Waals surface area contributed by atoms with E-state index in [1.807, 2.05) is 59.5 Å². The molecule has 0 atom stereocenters. The van der Waals surface area contributed by atoms with Crippen molar-refractivity contribution < 1.29 is 9.53 Å². The number of likely N-dealkylation sites (tertiary alicyclic amines) is 1. The van der Waals surface area contributed by atoms with Gasteiger partial charge in [0.15, 0.2) is 0 Å². The van der Waals surface area contributed by atoms with Crippen molar-refractivity contribution in [3.8, 4) is 5.75 Å². The topological polar surface area (TPSA) is 42.4 Å². The monoisotopic (exact) mass is 366 g/mol. The van der Waals surface area contributed by atoms with E-state index in [-0.39, 0.29) is 12.0 Å². The summed E-state index contributed by atoms with van der Waals surface area (Å²) in [5, 5.41) is 1.60. The van der Waals surface area contributed by atoms with Crippen LogP contribution in [-0.4, -0.2) is 35.0 Å². The van der Waals surface area contributed by atoms with Crippen LogP contribution in [0.25, 0.3) is 10.9 Å². The lowest BCUT2D eigenvalue weighted by molar-refractivity contribution is 0.0597. The van der Waals surface area contributed by atoms with Crippen LogP contribution < -0.4 is 4.74 Å². The zero-order chi connectivity index (χ0) is 17.9. The fourth-order valence-electron chi connectivity index (χ4n) is 3.34. The minimum absolute atomic E-state index is 0.0635. The average molecular weight is 367 g/mol. The van der Waals surface area contributed by atoms with Crippen LogP contribution >= 0.6 is 11.6 Å². The predicted octanol–water partition coefficient (Wildman–Crippen LogP) is 4.57. The molecule has 0 aliphatic carbocycles. The molecule has 1 fully saturated rings. The number of hydrogen-bond acceptors (Lipinski definition) is 3. The second-order valence-corrected chi connectivity index (χ2v) is 6.88. The van der Waals surface area contributed by atoms with Crippen LogP contribution in [0, 0.1) is 0 Å². The molecule has 26 heavy (non-hydrogen) atoms. The molecule has 3 aromatic rings. The van der Waals surface area contributed by atoms with Crippen molar-refractivity contribution in [2.24, 2.45) is 0 Å². The van der Waals surface area contributed by atoms with E-state index in [9.17, 15) is 4.79 Å². The summed E-state index contributed by atoms with van der Waals surface area (Å²) in [7, 11) is 0. The fraction of sp³-hybridized carbons (Fsp3) is 0.238. The Hall–Kier alpha value is -2.59. The van der Waals surface area contributed by atoms with Gasteiger partial charge in [-0.25, -0.2) is 0 Å². The van der Waals surface area contributed by atoms with Gasteiger partial charge < -0.3 is 9.64 Å². The summed E-state index contributed by atoms with van der Waals surface area (Å²) in [4.78, 5) is 19.2. The molecule has 4 rings (SSSR count). The second kappa shape index (κ2) is 7.34. The Morgan fingerprint density at radius 3 is 2.58 bits per heavy atom. The summed E-state index contributed by atoms with van der Waals surface area (Å²) in [5.74, 6) is 0.882. The number of hydrogen-bond donors (Lipinski definition) is 0. The zero-order valence-electron chi connectivity index (χ0n) is 14.3. The van der Waals surface area contributed by atoms with Crippen LogP contribution in [0.2, 0.25) is 5.02 Å². The van der Waals surface area contributed by atoms with Crippen molar-refractivity contribution >= 4 is 28.4 Å². The molecule has 0 N–H and O–H groups in total. The lowest BCUT2D eigenvalue weighted by Crippen LogP contribution is -2.41. The number of nitrogens with zero attached hydrogens (tertiary/aromatic N) is 2. The second-order valence-electron chi connectivity index (χ2n) is 6.44. The third kappa shape index (κ3) is 3.51. The summed E-state index contributed by atoms with van der Waals surface area (Å²) in [6, 6.07) is 16.9. The largest absolute Gasteiger partial charge is 0.490 e. The molecule has 1 aliphatic rings. The van der Waals surface area contributed by atoms with Gasteiger partial charge in [0.2, 0.25) is 0 Å². The predicted molar refractivity (Wildman–Crippen MR) is 103 cm³/mol. The standard InChI is InChI=1S/C21H19ClN2O2/c22-15-6-8-16(9-7-15)26-17-10-13-24(14-11-17)21(25)19-3-1-5-20-18(19)4-2-12-23-20/h1-9,12,17H,10-11,13-14H2. The van der Waals surface area contributed by atoms with E-state index in [0.717, 1.165) is 29.5 Å². The van der Waals surface area contributed by atoms with E-state index < -0.39 is 0 Å². The summed E-state index contributed by atoms with van der Waals surface area (Å²) in [6.45, 7) is 1.38. The number of pyridine rings is 1. The molecule has 4 nitrogen and oxygen atoms in total. The van der Waals surface area contributed by atoms with Crippen molar-refractivity contribution in [2.75, 3.05) is 13.1 Å². The lowest BCUT2D eigenvalue weighted by Gasteiger charge is -2.32. The lowest BCUT2D eigenvalue weighted by atomic mass is 10.0. The summed E-state index contributed by atoms with van der Waals surface area (Å²) >= 11 is 5.90. The van der Waals surface area contributed by atoms with E-state index >= 15 is 0 Å². The van der Waals surface area contributed by atoms with E-state index in [2.05, 4.69) is 4.98 Å². The summed E-state index contributed by atoms with van der Waals surface area (Å²) in [6.07, 6.45) is 3.50. The van der Waals surface area contributed by atoms with Gasteiger partial charge in [0.05, 0.1) is 5.52 Å². The van der Waals surface area contributed by atoms with Crippen molar-refractivity contribution in [1.29, 1.82) is 0 Å². The number of piperidine rings is 1. The first kappa shape index (κ1) is 16.9. The Labute approximate surface area is 157 Å². The molecule has 0 radical (unpaired) electrons. The molecule has 2 heterocycles. The van der Waals surface area contributed by atoms with Crippen molar-refractivity contribution in [3.63, 3.8) is 0 Å². The first-order valence-corrected chi connectivity index (χ1v) is 9.14. The molecular weight excluding hydrogens is 348 g/mol. The normalized spacial score (nSPS) is 15.2. The van der Waals surface area contributed by atoms with Crippen LogP contribution in [0.5, 0.6) is 5.75 Å². The molecule has 1 aliphatic heterocycles. The van der Waals surface area contributed by atoms with Gasteiger partial charge in [-0.2, -0.15) is 0 Å². The molecule has 132 valence electrons. The van der Waals surface area contributed by atoms with E-state index in [1.165, 1.54) is 0 Å². The number of benzene rings is 2. The van der Waals surface area contributed by atoms with Crippen molar-refractivity contribution in [1.82, 2.24) is 9.88 Å². The van der Waals surface area contributed by atoms with E-state index in [4.69, 9.17) is 16.3 Å². The molecule has 2 aromatic carbocycles. The smallest absolute Gasteiger partial charge is 0.254 e. The maximum Gasteiger partial charge on any atom is 0.254 e. The molecule has 5 heteroatoms.